The minimum atomic E-state index is 0. The Hall–Kier alpha value is -1.12. The highest BCUT2D eigenvalue weighted by Gasteiger charge is 2.00. The Morgan fingerprint density at radius 2 is 2.00 bits per heavy atom. The number of methoxy groups -OCH3 is 1. The normalized spacial score (nSPS) is 11.0. The lowest BCUT2D eigenvalue weighted by atomic mass is 10.1. The molecule has 0 unspecified atom stereocenters. The highest BCUT2D eigenvalue weighted by Crippen LogP contribution is 2.09. The molecule has 0 aliphatic carbocycles. The molecule has 0 radical (unpaired) electrons. The molecule has 2 N–H and O–H groups in total. The fraction of sp³-hybridized carbons (Fsp3) is 0.353. The van der Waals surface area contributed by atoms with Gasteiger partial charge < -0.3 is 15.4 Å². The number of thiophene rings is 1. The van der Waals surface area contributed by atoms with Crippen molar-refractivity contribution in [1.29, 1.82) is 0 Å². The van der Waals surface area contributed by atoms with Crippen LogP contribution in [0.5, 0.6) is 0 Å². The molecular formula is C17H24IN3OS. The third kappa shape index (κ3) is 7.32. The molecule has 2 aromatic rings. The molecule has 1 aromatic carbocycles. The molecule has 4 nitrogen and oxygen atoms in total. The van der Waals surface area contributed by atoms with Crippen molar-refractivity contribution in [2.24, 2.45) is 4.99 Å². The second-order valence-corrected chi connectivity index (χ2v) is 5.91. The summed E-state index contributed by atoms with van der Waals surface area (Å²) in [6, 6.07) is 12.5. The number of ether oxygens (including phenoxy) is 1. The molecule has 0 aliphatic rings. The number of benzene rings is 1. The van der Waals surface area contributed by atoms with E-state index in [0.717, 1.165) is 19.0 Å². The molecule has 6 heteroatoms. The van der Waals surface area contributed by atoms with E-state index in [1.54, 1.807) is 18.4 Å². The maximum Gasteiger partial charge on any atom is 0.191 e. The molecule has 0 atom stereocenters. The smallest absolute Gasteiger partial charge is 0.191 e. The third-order valence-corrected chi connectivity index (χ3v) is 3.95. The van der Waals surface area contributed by atoms with Crippen LogP contribution in [-0.4, -0.2) is 19.6 Å². The molecule has 0 bridgehead atoms. The van der Waals surface area contributed by atoms with Crippen molar-refractivity contribution >= 4 is 41.3 Å². The summed E-state index contributed by atoms with van der Waals surface area (Å²) >= 11 is 1.75. The van der Waals surface area contributed by atoms with Gasteiger partial charge >= 0.3 is 0 Å². The Balaban J connectivity index is 0.00000264. The van der Waals surface area contributed by atoms with Crippen LogP contribution >= 0.6 is 35.3 Å². The Bertz CT molecular complexity index is 587. The molecule has 23 heavy (non-hydrogen) atoms. The molecule has 0 spiro atoms. The van der Waals surface area contributed by atoms with Gasteiger partial charge in [-0.2, -0.15) is 0 Å². The van der Waals surface area contributed by atoms with Gasteiger partial charge in [-0.3, -0.25) is 0 Å². The Labute approximate surface area is 159 Å². The number of rotatable bonds is 7. The molecule has 1 aromatic heterocycles. The molecular weight excluding hydrogens is 421 g/mol. The van der Waals surface area contributed by atoms with Crippen molar-refractivity contribution in [2.45, 2.75) is 26.6 Å². The van der Waals surface area contributed by atoms with Crippen LogP contribution in [0.1, 0.15) is 22.9 Å². The zero-order chi connectivity index (χ0) is 15.6. The first-order chi connectivity index (χ1) is 10.8. The van der Waals surface area contributed by atoms with Crippen LogP contribution in [0.25, 0.3) is 0 Å². The molecule has 0 amide bonds. The average Bonchev–Trinajstić information content (AvgIpc) is 3.04. The number of nitrogens with one attached hydrogen (secondary N) is 2. The summed E-state index contributed by atoms with van der Waals surface area (Å²) in [5.74, 6) is 0.841. The van der Waals surface area contributed by atoms with Gasteiger partial charge in [-0.05, 0) is 29.5 Å². The first-order valence-corrected chi connectivity index (χ1v) is 8.31. The van der Waals surface area contributed by atoms with E-state index in [1.165, 1.54) is 16.0 Å². The van der Waals surface area contributed by atoms with E-state index in [9.17, 15) is 0 Å². The highest BCUT2D eigenvalue weighted by molar-refractivity contribution is 14.0. The first-order valence-electron chi connectivity index (χ1n) is 7.43. The maximum absolute atomic E-state index is 5.17. The third-order valence-electron chi connectivity index (χ3n) is 3.08. The van der Waals surface area contributed by atoms with E-state index >= 15 is 0 Å². The fourth-order valence-electron chi connectivity index (χ4n) is 2.08. The summed E-state index contributed by atoms with van der Waals surface area (Å²) in [4.78, 5) is 5.94. The fourth-order valence-corrected chi connectivity index (χ4v) is 2.73. The summed E-state index contributed by atoms with van der Waals surface area (Å²) in [5, 5.41) is 8.72. The van der Waals surface area contributed by atoms with Crippen LogP contribution in [0.4, 0.5) is 0 Å². The second kappa shape index (κ2) is 11.4. The van der Waals surface area contributed by atoms with Crippen LogP contribution in [0.15, 0.2) is 46.8 Å². The zero-order valence-corrected chi connectivity index (χ0v) is 16.7. The van der Waals surface area contributed by atoms with Gasteiger partial charge in [-0.15, -0.1) is 35.3 Å². The lowest BCUT2D eigenvalue weighted by molar-refractivity contribution is 0.185. The van der Waals surface area contributed by atoms with E-state index in [2.05, 4.69) is 58.3 Å². The van der Waals surface area contributed by atoms with Gasteiger partial charge in [0, 0.05) is 18.5 Å². The van der Waals surface area contributed by atoms with Crippen molar-refractivity contribution < 1.29 is 4.74 Å². The first kappa shape index (κ1) is 19.9. The van der Waals surface area contributed by atoms with E-state index in [1.807, 2.05) is 6.07 Å². The van der Waals surface area contributed by atoms with Gasteiger partial charge in [0.1, 0.15) is 0 Å². The largest absolute Gasteiger partial charge is 0.380 e. The zero-order valence-electron chi connectivity index (χ0n) is 13.5. The summed E-state index contributed by atoms with van der Waals surface area (Å²) < 4.78 is 5.17. The van der Waals surface area contributed by atoms with Crippen molar-refractivity contribution in [3.05, 3.63) is 57.8 Å². The monoisotopic (exact) mass is 445 g/mol. The predicted molar refractivity (Wildman–Crippen MR) is 109 cm³/mol. The minimum absolute atomic E-state index is 0. The van der Waals surface area contributed by atoms with Gasteiger partial charge in [0.15, 0.2) is 5.96 Å². The molecule has 0 fully saturated rings. The average molecular weight is 445 g/mol. The lowest BCUT2D eigenvalue weighted by Crippen LogP contribution is -2.36. The van der Waals surface area contributed by atoms with Gasteiger partial charge in [-0.1, -0.05) is 30.3 Å². The molecule has 0 aliphatic heterocycles. The van der Waals surface area contributed by atoms with Crippen LogP contribution in [0.2, 0.25) is 0 Å². The molecule has 2 rings (SSSR count). The Morgan fingerprint density at radius 3 is 2.70 bits per heavy atom. The molecule has 1 heterocycles. The number of halogens is 1. The standard InChI is InChI=1S/C17H23N3OS.HI/c1-3-18-17(20-12-16-8-5-9-22-16)19-11-14-6-4-7-15(10-14)13-21-2;/h4-10H,3,11-13H2,1-2H3,(H2,18,19,20);1H. The lowest BCUT2D eigenvalue weighted by Gasteiger charge is -2.10. The molecule has 126 valence electrons. The van der Waals surface area contributed by atoms with Crippen molar-refractivity contribution in [3.63, 3.8) is 0 Å². The molecule has 0 saturated carbocycles. The van der Waals surface area contributed by atoms with E-state index in [-0.39, 0.29) is 24.0 Å². The second-order valence-electron chi connectivity index (χ2n) is 4.88. The topological polar surface area (TPSA) is 45.7 Å². The van der Waals surface area contributed by atoms with Gasteiger partial charge in [0.05, 0.1) is 19.7 Å². The summed E-state index contributed by atoms with van der Waals surface area (Å²) in [7, 11) is 1.71. The van der Waals surface area contributed by atoms with E-state index < -0.39 is 0 Å². The summed E-state index contributed by atoms with van der Waals surface area (Å²) in [6.45, 7) is 5.00. The molecule has 0 saturated heterocycles. The van der Waals surface area contributed by atoms with Crippen LogP contribution in [0.3, 0.4) is 0 Å². The Kier molecular flexibility index (Phi) is 9.89. The Morgan fingerprint density at radius 1 is 1.17 bits per heavy atom. The van der Waals surface area contributed by atoms with Crippen molar-refractivity contribution in [2.75, 3.05) is 13.7 Å². The maximum atomic E-state index is 5.17. The predicted octanol–water partition coefficient (Wildman–Crippen LogP) is 3.77. The van der Waals surface area contributed by atoms with Crippen LogP contribution in [-0.2, 0) is 24.4 Å². The SMILES string of the molecule is CCNC(=NCc1cccc(COC)c1)NCc1cccs1.I. The summed E-state index contributed by atoms with van der Waals surface area (Å²) in [5.41, 5.74) is 2.36. The van der Waals surface area contributed by atoms with Crippen molar-refractivity contribution in [1.82, 2.24) is 10.6 Å². The van der Waals surface area contributed by atoms with E-state index in [0.29, 0.717) is 13.2 Å². The number of aliphatic imine (C=N–C) groups is 1. The van der Waals surface area contributed by atoms with Crippen LogP contribution < -0.4 is 10.6 Å². The van der Waals surface area contributed by atoms with Gasteiger partial charge in [-0.25, -0.2) is 4.99 Å². The van der Waals surface area contributed by atoms with Crippen LogP contribution in [0, 0.1) is 0 Å². The van der Waals surface area contributed by atoms with Gasteiger partial charge in [0.2, 0.25) is 0 Å². The number of guanidine groups is 1. The van der Waals surface area contributed by atoms with Gasteiger partial charge in [0.25, 0.3) is 0 Å². The number of hydrogen-bond donors (Lipinski definition) is 2. The minimum Gasteiger partial charge on any atom is -0.380 e. The van der Waals surface area contributed by atoms with E-state index in [4.69, 9.17) is 4.74 Å². The number of nitrogens with zero attached hydrogens (tertiary/aromatic N) is 1. The van der Waals surface area contributed by atoms with Crippen molar-refractivity contribution in [3.8, 4) is 0 Å². The summed E-state index contributed by atoms with van der Waals surface area (Å²) in [6.07, 6.45) is 0. The number of hydrogen-bond acceptors (Lipinski definition) is 3. The quantitative estimate of drug-likeness (QED) is 0.388. The highest BCUT2D eigenvalue weighted by atomic mass is 127.